The van der Waals surface area contributed by atoms with Crippen LogP contribution < -0.4 is 26.6 Å². The normalized spacial score (nSPS) is 18.9. The summed E-state index contributed by atoms with van der Waals surface area (Å²) in [5.74, 6) is -1.61. The number of hydrogen-bond acceptors (Lipinski definition) is 5. The summed E-state index contributed by atoms with van der Waals surface area (Å²) in [6.07, 6.45) is 0.992. The van der Waals surface area contributed by atoms with Crippen LogP contribution in [0.25, 0.3) is 0 Å². The van der Waals surface area contributed by atoms with Crippen LogP contribution in [0.15, 0.2) is 0 Å². The molecule has 0 unspecified atom stereocenters. The van der Waals surface area contributed by atoms with Crippen molar-refractivity contribution in [2.75, 3.05) is 6.54 Å². The number of rotatable bonds is 9. The molecule has 11 heteroatoms. The molecule has 4 atom stereocenters. The Balaban J connectivity index is 3.08. The first kappa shape index (κ1) is 31.7. The van der Waals surface area contributed by atoms with Gasteiger partial charge in [0.25, 0.3) is 0 Å². The number of urea groups is 1. The van der Waals surface area contributed by atoms with Gasteiger partial charge in [-0.2, -0.15) is 0 Å². The summed E-state index contributed by atoms with van der Waals surface area (Å²) in [5, 5.41) is 13.1. The van der Waals surface area contributed by atoms with Crippen molar-refractivity contribution in [1.29, 1.82) is 0 Å². The van der Waals surface area contributed by atoms with Crippen molar-refractivity contribution in [2.24, 2.45) is 16.7 Å². The van der Waals surface area contributed by atoms with Gasteiger partial charge in [-0.25, -0.2) is 4.79 Å². The molecule has 36 heavy (non-hydrogen) atoms. The Hall–Kier alpha value is -2.30. The van der Waals surface area contributed by atoms with E-state index in [4.69, 9.17) is 0 Å². The number of thiol groups is 1. The molecule has 0 saturated carbocycles. The smallest absolute Gasteiger partial charge is 0.315 e. The molecule has 0 bridgehead atoms. The van der Waals surface area contributed by atoms with Gasteiger partial charge in [-0.05, 0) is 50.9 Å². The molecule has 10 nitrogen and oxygen atoms in total. The molecule has 1 heterocycles. The SMILES string of the molecule is CC(C)(C)C[C@H](NC(=O)[C@@H](NC(=O)NC(C)(C)C)C(C)(C)C)C(=O)N[C@@H](C[C@@H]1CCNC1=O)C(=O)S. The Bertz CT molecular complexity index is 841. The lowest BCUT2D eigenvalue weighted by Gasteiger charge is -2.34. The van der Waals surface area contributed by atoms with E-state index in [1.54, 1.807) is 0 Å². The molecule has 5 N–H and O–H groups in total. The van der Waals surface area contributed by atoms with Gasteiger partial charge in [0.1, 0.15) is 12.1 Å². The molecule has 0 aromatic heterocycles. The molecule has 206 valence electrons. The van der Waals surface area contributed by atoms with Crippen LogP contribution in [0.2, 0.25) is 0 Å². The lowest BCUT2D eigenvalue weighted by Crippen LogP contribution is -2.61. The monoisotopic (exact) mass is 527 g/mol. The van der Waals surface area contributed by atoms with E-state index in [1.165, 1.54) is 0 Å². The van der Waals surface area contributed by atoms with E-state index >= 15 is 0 Å². The zero-order valence-corrected chi connectivity index (χ0v) is 24.0. The Morgan fingerprint density at radius 2 is 1.47 bits per heavy atom. The maximum Gasteiger partial charge on any atom is 0.315 e. The fraction of sp³-hybridized carbons (Fsp3) is 0.800. The van der Waals surface area contributed by atoms with E-state index in [1.807, 2.05) is 62.3 Å². The summed E-state index contributed by atoms with van der Waals surface area (Å²) in [6.45, 7) is 17.3. The van der Waals surface area contributed by atoms with Gasteiger partial charge in [0.2, 0.25) is 22.8 Å². The van der Waals surface area contributed by atoms with Crippen molar-refractivity contribution < 1.29 is 24.0 Å². The highest BCUT2D eigenvalue weighted by Crippen LogP contribution is 2.24. The molecule has 0 aromatic rings. The minimum Gasteiger partial charge on any atom is -0.356 e. The second-order valence-electron chi connectivity index (χ2n) is 12.9. The third kappa shape index (κ3) is 11.2. The summed E-state index contributed by atoms with van der Waals surface area (Å²) >= 11 is 3.91. The molecule has 0 spiro atoms. The van der Waals surface area contributed by atoms with E-state index in [2.05, 4.69) is 39.2 Å². The first-order valence-corrected chi connectivity index (χ1v) is 12.8. The van der Waals surface area contributed by atoms with E-state index in [9.17, 15) is 24.0 Å². The maximum absolute atomic E-state index is 13.4. The lowest BCUT2D eigenvalue weighted by atomic mass is 9.84. The molecule has 0 radical (unpaired) electrons. The van der Waals surface area contributed by atoms with Crippen molar-refractivity contribution in [1.82, 2.24) is 26.6 Å². The number of carbonyl (C=O) groups excluding carboxylic acids is 5. The minimum absolute atomic E-state index is 0.134. The molecule has 1 rings (SSSR count). The number of amides is 5. The van der Waals surface area contributed by atoms with Crippen LogP contribution in [0.1, 0.15) is 81.6 Å². The highest BCUT2D eigenvalue weighted by atomic mass is 32.1. The van der Waals surface area contributed by atoms with Crippen molar-refractivity contribution in [2.45, 2.75) is 105 Å². The molecule has 0 aromatic carbocycles. The first-order chi connectivity index (χ1) is 16.2. The van der Waals surface area contributed by atoms with Crippen molar-refractivity contribution in [3.8, 4) is 0 Å². The summed E-state index contributed by atoms with van der Waals surface area (Å²) in [5.41, 5.74) is -1.49. The summed E-state index contributed by atoms with van der Waals surface area (Å²) in [7, 11) is 0. The van der Waals surface area contributed by atoms with Crippen molar-refractivity contribution >= 4 is 41.5 Å². The maximum atomic E-state index is 13.4. The Kier molecular flexibility index (Phi) is 10.8. The second-order valence-corrected chi connectivity index (χ2v) is 13.3. The summed E-state index contributed by atoms with van der Waals surface area (Å²) in [6, 6.07) is -3.37. The molecule has 1 aliphatic heterocycles. The number of nitrogens with one attached hydrogen (secondary N) is 5. The van der Waals surface area contributed by atoms with Crippen LogP contribution in [0.3, 0.4) is 0 Å². The average molecular weight is 528 g/mol. The minimum atomic E-state index is -0.970. The van der Waals surface area contributed by atoms with Crippen LogP contribution >= 0.6 is 12.6 Å². The van der Waals surface area contributed by atoms with E-state index in [0.29, 0.717) is 13.0 Å². The van der Waals surface area contributed by atoms with Crippen molar-refractivity contribution in [3.05, 3.63) is 0 Å². The quantitative estimate of drug-likeness (QED) is 0.254. The Morgan fingerprint density at radius 3 is 1.89 bits per heavy atom. The fourth-order valence-electron chi connectivity index (χ4n) is 3.91. The molecular weight excluding hydrogens is 482 g/mol. The largest absolute Gasteiger partial charge is 0.356 e. The highest BCUT2D eigenvalue weighted by Gasteiger charge is 2.38. The standard InChI is InChI=1S/C25H45N5O5S/c1-23(2,3)13-16(19(32)27-15(21(34)36)12-14-10-11-26-18(14)31)28-20(33)17(24(4,5)6)29-22(35)30-25(7,8)9/h14-17H,10-13H2,1-9H3,(H,26,31)(H,27,32)(H,28,33)(H,34,36)(H2,29,30,35)/t14-,15-,16-,17+/m0/s1. The predicted octanol–water partition coefficient (Wildman–Crippen LogP) is 1.89. The third-order valence-electron chi connectivity index (χ3n) is 5.64. The topological polar surface area (TPSA) is 146 Å². The van der Waals surface area contributed by atoms with Gasteiger partial charge in [0.15, 0.2) is 0 Å². The molecule has 1 aliphatic rings. The third-order valence-corrected chi connectivity index (χ3v) is 5.95. The molecule has 5 amide bonds. The van der Waals surface area contributed by atoms with E-state index in [0.717, 1.165) is 0 Å². The van der Waals surface area contributed by atoms with Crippen molar-refractivity contribution in [3.63, 3.8) is 0 Å². The van der Waals surface area contributed by atoms with Gasteiger partial charge in [0, 0.05) is 18.0 Å². The van der Waals surface area contributed by atoms with E-state index in [-0.39, 0.29) is 24.2 Å². The summed E-state index contributed by atoms with van der Waals surface area (Å²) in [4.78, 5) is 63.3. The Labute approximate surface area is 220 Å². The zero-order valence-electron chi connectivity index (χ0n) is 23.1. The molecular formula is C25H45N5O5S. The average Bonchev–Trinajstić information content (AvgIpc) is 3.06. The van der Waals surface area contributed by atoms with Gasteiger partial charge >= 0.3 is 6.03 Å². The first-order valence-electron chi connectivity index (χ1n) is 12.4. The zero-order chi connectivity index (χ0) is 28.1. The van der Waals surface area contributed by atoms with Crippen LogP contribution in [0.5, 0.6) is 0 Å². The Morgan fingerprint density at radius 1 is 0.917 bits per heavy atom. The lowest BCUT2D eigenvalue weighted by molar-refractivity contribution is -0.133. The van der Waals surface area contributed by atoms with Gasteiger partial charge in [0.05, 0.1) is 6.04 Å². The van der Waals surface area contributed by atoms with Gasteiger partial charge in [-0.1, -0.05) is 41.5 Å². The van der Waals surface area contributed by atoms with E-state index < -0.39 is 58.0 Å². The molecule has 0 aliphatic carbocycles. The predicted molar refractivity (Wildman–Crippen MR) is 142 cm³/mol. The molecule has 1 saturated heterocycles. The highest BCUT2D eigenvalue weighted by molar-refractivity contribution is 7.96. The van der Waals surface area contributed by atoms with Gasteiger partial charge < -0.3 is 26.6 Å². The van der Waals surface area contributed by atoms with Gasteiger partial charge in [-0.3, -0.25) is 19.2 Å². The molecule has 1 fully saturated rings. The summed E-state index contributed by atoms with van der Waals surface area (Å²) < 4.78 is 0. The van der Waals surface area contributed by atoms with Crippen LogP contribution in [-0.4, -0.2) is 59.1 Å². The number of carbonyl (C=O) groups is 5. The fourth-order valence-corrected chi connectivity index (χ4v) is 4.08. The number of hydrogen-bond donors (Lipinski definition) is 6. The van der Waals surface area contributed by atoms with Gasteiger partial charge in [-0.15, -0.1) is 12.6 Å². The van der Waals surface area contributed by atoms with Crippen LogP contribution in [0, 0.1) is 16.7 Å². The second kappa shape index (κ2) is 12.3. The van der Waals surface area contributed by atoms with Crippen LogP contribution in [0.4, 0.5) is 4.79 Å². The van der Waals surface area contributed by atoms with Crippen LogP contribution in [-0.2, 0) is 19.2 Å².